The minimum Gasteiger partial charge on any atom is -0.307 e. The zero-order valence-electron chi connectivity index (χ0n) is 15.2. The van der Waals surface area contributed by atoms with Crippen LogP contribution in [0.3, 0.4) is 0 Å². The normalized spacial score (nSPS) is 11.9. The molecule has 0 aliphatic carbocycles. The average molecular weight is 385 g/mol. The van der Waals surface area contributed by atoms with E-state index >= 15 is 0 Å². The molecule has 0 fully saturated rings. The van der Waals surface area contributed by atoms with E-state index in [-0.39, 0.29) is 11.6 Å². The van der Waals surface area contributed by atoms with Gasteiger partial charge in [-0.15, -0.1) is 11.3 Å². The Morgan fingerprint density at radius 2 is 2.04 bits per heavy atom. The summed E-state index contributed by atoms with van der Waals surface area (Å²) >= 11 is 3.17. The van der Waals surface area contributed by atoms with Crippen molar-refractivity contribution in [3.63, 3.8) is 0 Å². The van der Waals surface area contributed by atoms with Crippen molar-refractivity contribution >= 4 is 39.0 Å². The second kappa shape index (κ2) is 6.55. The van der Waals surface area contributed by atoms with Crippen LogP contribution in [-0.4, -0.2) is 18.9 Å². The van der Waals surface area contributed by atoms with Gasteiger partial charge in [-0.3, -0.25) is 9.36 Å². The minimum atomic E-state index is 0.0579. The number of fused-ring (bicyclic) bond motifs is 2. The first kappa shape index (κ1) is 17.3. The molecule has 4 heterocycles. The predicted octanol–water partition coefficient (Wildman–Crippen LogP) is 4.60. The topological polar surface area (TPSA) is 52.2 Å². The highest BCUT2D eigenvalue weighted by Gasteiger charge is 2.18. The van der Waals surface area contributed by atoms with E-state index in [0.29, 0.717) is 5.75 Å². The fourth-order valence-electron chi connectivity index (χ4n) is 3.04. The summed E-state index contributed by atoms with van der Waals surface area (Å²) in [7, 11) is 0. The number of rotatable bonds is 4. The molecule has 0 bridgehead atoms. The molecule has 7 heteroatoms. The van der Waals surface area contributed by atoms with Gasteiger partial charge in [0.05, 0.1) is 11.1 Å². The standard InChI is InChI=1S/C19H20N4OS2/c1-11(2)23-18(24)16-12(3)13(4)26-17(16)21-19(23)25-10-14-9-22-8-6-5-7-15(22)20-14/h5-9,11H,10H2,1-4H3. The van der Waals surface area contributed by atoms with E-state index in [1.54, 1.807) is 23.1 Å². The van der Waals surface area contributed by atoms with Crippen molar-refractivity contribution in [1.82, 2.24) is 18.9 Å². The maximum atomic E-state index is 13.1. The zero-order chi connectivity index (χ0) is 18.4. The highest BCUT2D eigenvalue weighted by Crippen LogP contribution is 2.30. The molecule has 0 saturated carbocycles. The molecule has 26 heavy (non-hydrogen) atoms. The van der Waals surface area contributed by atoms with Crippen molar-refractivity contribution in [3.8, 4) is 0 Å². The van der Waals surface area contributed by atoms with Crippen molar-refractivity contribution < 1.29 is 0 Å². The molecule has 0 saturated heterocycles. The van der Waals surface area contributed by atoms with Gasteiger partial charge in [-0.25, -0.2) is 9.97 Å². The molecule has 5 nitrogen and oxygen atoms in total. The van der Waals surface area contributed by atoms with E-state index in [4.69, 9.17) is 4.98 Å². The number of thiophene rings is 1. The van der Waals surface area contributed by atoms with Crippen LogP contribution >= 0.6 is 23.1 Å². The second-order valence-electron chi connectivity index (χ2n) is 6.61. The zero-order valence-corrected chi connectivity index (χ0v) is 16.8. The van der Waals surface area contributed by atoms with Gasteiger partial charge in [0.15, 0.2) is 5.16 Å². The lowest BCUT2D eigenvalue weighted by atomic mass is 10.2. The average Bonchev–Trinajstić information content (AvgIpc) is 3.13. The van der Waals surface area contributed by atoms with E-state index in [1.807, 2.05) is 67.3 Å². The van der Waals surface area contributed by atoms with Crippen LogP contribution in [0.25, 0.3) is 15.9 Å². The summed E-state index contributed by atoms with van der Waals surface area (Å²) in [5.74, 6) is 0.676. The second-order valence-corrected chi connectivity index (χ2v) is 8.76. The van der Waals surface area contributed by atoms with Gasteiger partial charge < -0.3 is 4.40 Å². The van der Waals surface area contributed by atoms with Crippen LogP contribution in [0.4, 0.5) is 0 Å². The van der Waals surface area contributed by atoms with Gasteiger partial charge in [-0.1, -0.05) is 17.8 Å². The number of pyridine rings is 1. The number of thioether (sulfide) groups is 1. The molecule has 4 aromatic heterocycles. The van der Waals surface area contributed by atoms with Crippen molar-refractivity contribution in [2.45, 2.75) is 44.6 Å². The van der Waals surface area contributed by atoms with Crippen LogP contribution < -0.4 is 5.56 Å². The molecule has 0 atom stereocenters. The summed E-state index contributed by atoms with van der Waals surface area (Å²) in [5, 5.41) is 1.52. The largest absolute Gasteiger partial charge is 0.307 e. The number of hydrogen-bond acceptors (Lipinski definition) is 5. The molecular formula is C19H20N4OS2. The van der Waals surface area contributed by atoms with Crippen LogP contribution in [0.5, 0.6) is 0 Å². The summed E-state index contributed by atoms with van der Waals surface area (Å²) in [4.78, 5) is 24.5. The third kappa shape index (κ3) is 2.85. The van der Waals surface area contributed by atoms with Gasteiger partial charge in [0.25, 0.3) is 5.56 Å². The third-order valence-corrected chi connectivity index (χ3v) is 6.57. The minimum absolute atomic E-state index is 0.0579. The van der Waals surface area contributed by atoms with Gasteiger partial charge in [0, 0.05) is 29.1 Å². The van der Waals surface area contributed by atoms with E-state index in [1.165, 1.54) is 0 Å². The fraction of sp³-hybridized carbons (Fsp3) is 0.316. The lowest BCUT2D eigenvalue weighted by Gasteiger charge is -2.15. The van der Waals surface area contributed by atoms with Crippen molar-refractivity contribution in [2.24, 2.45) is 0 Å². The lowest BCUT2D eigenvalue weighted by Crippen LogP contribution is -2.24. The van der Waals surface area contributed by atoms with Crippen molar-refractivity contribution in [2.75, 3.05) is 0 Å². The number of imidazole rings is 1. The maximum Gasteiger partial charge on any atom is 0.263 e. The Morgan fingerprint density at radius 1 is 1.23 bits per heavy atom. The molecule has 0 N–H and O–H groups in total. The molecule has 134 valence electrons. The van der Waals surface area contributed by atoms with E-state index in [9.17, 15) is 4.79 Å². The lowest BCUT2D eigenvalue weighted by molar-refractivity contribution is 0.519. The quantitative estimate of drug-likeness (QED) is 0.381. The molecule has 0 spiro atoms. The van der Waals surface area contributed by atoms with Gasteiger partial charge in [0.2, 0.25) is 0 Å². The summed E-state index contributed by atoms with van der Waals surface area (Å²) < 4.78 is 3.82. The molecule has 0 aliphatic rings. The summed E-state index contributed by atoms with van der Waals surface area (Å²) in [6, 6.07) is 6.01. The number of nitrogens with zero attached hydrogens (tertiary/aromatic N) is 4. The first-order valence-electron chi connectivity index (χ1n) is 8.53. The third-order valence-electron chi connectivity index (χ3n) is 4.48. The molecule has 0 radical (unpaired) electrons. The highest BCUT2D eigenvalue weighted by atomic mass is 32.2. The van der Waals surface area contributed by atoms with Crippen LogP contribution in [0.2, 0.25) is 0 Å². The van der Waals surface area contributed by atoms with Gasteiger partial charge in [-0.2, -0.15) is 0 Å². The monoisotopic (exact) mass is 384 g/mol. The van der Waals surface area contributed by atoms with Crippen LogP contribution in [0.15, 0.2) is 40.5 Å². The van der Waals surface area contributed by atoms with Crippen LogP contribution in [-0.2, 0) is 5.75 Å². The smallest absolute Gasteiger partial charge is 0.263 e. The molecule has 0 amide bonds. The molecule has 0 aromatic carbocycles. The molecule has 4 rings (SSSR count). The van der Waals surface area contributed by atoms with Gasteiger partial charge >= 0.3 is 0 Å². The Hall–Kier alpha value is -2.12. The number of aromatic nitrogens is 4. The Kier molecular flexibility index (Phi) is 4.36. The van der Waals surface area contributed by atoms with Gasteiger partial charge in [-0.05, 0) is 45.4 Å². The summed E-state index contributed by atoms with van der Waals surface area (Å²) in [6.07, 6.45) is 4.01. The van der Waals surface area contributed by atoms with E-state index in [0.717, 1.165) is 37.2 Å². The predicted molar refractivity (Wildman–Crippen MR) is 108 cm³/mol. The SMILES string of the molecule is Cc1sc2nc(SCc3cn4ccccc4n3)n(C(C)C)c(=O)c2c1C. The molecular weight excluding hydrogens is 364 g/mol. The van der Waals surface area contributed by atoms with Crippen molar-refractivity contribution in [3.05, 3.63) is 57.1 Å². The fourth-order valence-corrected chi connectivity index (χ4v) is 5.12. The van der Waals surface area contributed by atoms with E-state index < -0.39 is 0 Å². The number of aryl methyl sites for hydroxylation is 2. The Morgan fingerprint density at radius 3 is 2.77 bits per heavy atom. The van der Waals surface area contributed by atoms with Gasteiger partial charge in [0.1, 0.15) is 10.5 Å². The first-order valence-corrected chi connectivity index (χ1v) is 10.3. The van der Waals surface area contributed by atoms with Crippen LogP contribution in [0, 0.1) is 13.8 Å². The molecule has 0 unspecified atom stereocenters. The molecule has 4 aromatic rings. The summed E-state index contributed by atoms with van der Waals surface area (Å²) in [6.45, 7) is 8.10. The number of hydrogen-bond donors (Lipinski definition) is 0. The van der Waals surface area contributed by atoms with Crippen molar-refractivity contribution in [1.29, 1.82) is 0 Å². The van der Waals surface area contributed by atoms with E-state index in [2.05, 4.69) is 4.98 Å². The highest BCUT2D eigenvalue weighted by molar-refractivity contribution is 7.98. The Balaban J connectivity index is 1.75. The Bertz CT molecular complexity index is 1140. The summed E-state index contributed by atoms with van der Waals surface area (Å²) in [5.41, 5.74) is 3.01. The first-order chi connectivity index (χ1) is 12.5. The van der Waals surface area contributed by atoms with Crippen LogP contribution in [0.1, 0.15) is 36.0 Å². The Labute approximate surface area is 159 Å². The maximum absolute atomic E-state index is 13.1. The molecule has 0 aliphatic heterocycles.